The summed E-state index contributed by atoms with van der Waals surface area (Å²) in [7, 11) is 0.965. The molecule has 22 heavy (non-hydrogen) atoms. The Morgan fingerprint density at radius 1 is 1.09 bits per heavy atom. The van der Waals surface area contributed by atoms with Crippen LogP contribution in [0.15, 0.2) is 35.9 Å². The molecule has 0 bridgehead atoms. The molecule has 0 N–H and O–H groups in total. The number of hydrogen-bond acceptors (Lipinski definition) is 4. The van der Waals surface area contributed by atoms with Crippen LogP contribution in [-0.4, -0.2) is 31.4 Å². The number of ether oxygens (including phenoxy) is 1. The van der Waals surface area contributed by atoms with E-state index in [1.165, 1.54) is 13.2 Å². The third kappa shape index (κ3) is 4.85. The van der Waals surface area contributed by atoms with E-state index in [-0.39, 0.29) is 24.3 Å². The van der Waals surface area contributed by atoms with E-state index in [4.69, 9.17) is 9.31 Å². The monoisotopic (exact) mass is 306 g/mol. The second-order valence-corrected chi connectivity index (χ2v) is 6.32. The maximum atomic E-state index is 11.0. The van der Waals surface area contributed by atoms with E-state index < -0.39 is 0 Å². The Balaban J connectivity index is 2.85. The number of unbranched alkanes of at least 4 members (excludes halogenated alkanes) is 1. The third-order valence-electron chi connectivity index (χ3n) is 4.03. The summed E-state index contributed by atoms with van der Waals surface area (Å²) in [6.07, 6.45) is 10.8. The van der Waals surface area contributed by atoms with E-state index in [9.17, 15) is 4.79 Å². The quantitative estimate of drug-likeness (QED) is 0.325. The van der Waals surface area contributed by atoms with Crippen molar-refractivity contribution >= 4 is 13.1 Å². The molecule has 0 spiro atoms. The van der Waals surface area contributed by atoms with Crippen LogP contribution >= 0.6 is 0 Å². The van der Waals surface area contributed by atoms with E-state index in [2.05, 4.69) is 17.7 Å². The first-order valence-electron chi connectivity index (χ1n) is 7.72. The molecule has 0 aromatic carbocycles. The Hall–Kier alpha value is -1.33. The topological polar surface area (TPSA) is 44.8 Å². The van der Waals surface area contributed by atoms with Gasteiger partial charge in [0.1, 0.15) is 0 Å². The van der Waals surface area contributed by atoms with Gasteiger partial charge in [0.05, 0.1) is 18.3 Å². The van der Waals surface area contributed by atoms with Gasteiger partial charge in [0.15, 0.2) is 0 Å². The van der Waals surface area contributed by atoms with Gasteiger partial charge in [0, 0.05) is 6.08 Å². The minimum atomic E-state index is -0.390. The van der Waals surface area contributed by atoms with Gasteiger partial charge >= 0.3 is 13.1 Å². The van der Waals surface area contributed by atoms with Crippen LogP contribution in [0.25, 0.3) is 0 Å². The molecular formula is C17H27BO4. The largest absolute Gasteiger partial charge is 0.494 e. The molecule has 0 amide bonds. The van der Waals surface area contributed by atoms with E-state index in [0.29, 0.717) is 0 Å². The van der Waals surface area contributed by atoms with Gasteiger partial charge in [0.25, 0.3) is 0 Å². The van der Waals surface area contributed by atoms with Crippen LogP contribution in [0.4, 0.5) is 0 Å². The Morgan fingerprint density at radius 3 is 2.14 bits per heavy atom. The predicted octanol–water partition coefficient (Wildman–Crippen LogP) is 3.63. The highest BCUT2D eigenvalue weighted by Crippen LogP contribution is 2.38. The summed E-state index contributed by atoms with van der Waals surface area (Å²) in [6.45, 7) is 10.3. The van der Waals surface area contributed by atoms with Gasteiger partial charge in [-0.25, -0.2) is 4.79 Å². The average Bonchev–Trinajstić information content (AvgIpc) is 2.66. The number of esters is 1. The second-order valence-electron chi connectivity index (χ2n) is 6.32. The lowest BCUT2D eigenvalue weighted by Crippen LogP contribution is -2.41. The van der Waals surface area contributed by atoms with Crippen LogP contribution in [0.3, 0.4) is 0 Å². The fourth-order valence-corrected chi connectivity index (χ4v) is 1.90. The zero-order chi connectivity index (χ0) is 16.8. The molecule has 4 nitrogen and oxygen atoms in total. The number of carbonyl (C=O) groups excluding carboxylic acids is 1. The van der Waals surface area contributed by atoms with Gasteiger partial charge in [-0.15, -0.1) is 0 Å². The van der Waals surface area contributed by atoms with Gasteiger partial charge in [-0.1, -0.05) is 37.6 Å². The maximum Gasteiger partial charge on any atom is 0.494 e. The number of carbonyl (C=O) groups is 1. The lowest BCUT2D eigenvalue weighted by Gasteiger charge is -2.32. The highest BCUT2D eigenvalue weighted by molar-refractivity contribution is 6.55. The summed E-state index contributed by atoms with van der Waals surface area (Å²) in [6, 6.07) is 0. The highest BCUT2D eigenvalue weighted by atomic mass is 16.7. The van der Waals surface area contributed by atoms with Gasteiger partial charge in [-0.05, 0) is 39.6 Å². The van der Waals surface area contributed by atoms with Gasteiger partial charge in [-0.3, -0.25) is 0 Å². The SMILES string of the molecule is CCC/C=C(/C=C/C=C/C(=O)OC)B1OC(C)(C)C(C)(C)O1. The molecular weight excluding hydrogens is 279 g/mol. The lowest BCUT2D eigenvalue weighted by atomic mass is 9.77. The summed E-state index contributed by atoms with van der Waals surface area (Å²) in [5, 5.41) is 0. The van der Waals surface area contributed by atoms with Crippen molar-refractivity contribution in [1.29, 1.82) is 0 Å². The van der Waals surface area contributed by atoms with Crippen LogP contribution in [0.1, 0.15) is 47.5 Å². The van der Waals surface area contributed by atoms with Crippen LogP contribution < -0.4 is 0 Å². The fraction of sp³-hybridized carbons (Fsp3) is 0.588. The Labute approximate surface area is 134 Å². The fourth-order valence-electron chi connectivity index (χ4n) is 1.90. The molecule has 0 radical (unpaired) electrons. The van der Waals surface area contributed by atoms with E-state index in [1.54, 1.807) is 12.2 Å². The van der Waals surface area contributed by atoms with E-state index in [1.807, 2.05) is 33.8 Å². The second kappa shape index (κ2) is 7.79. The van der Waals surface area contributed by atoms with Gasteiger partial charge in [-0.2, -0.15) is 0 Å². The van der Waals surface area contributed by atoms with Crippen molar-refractivity contribution in [3.05, 3.63) is 35.9 Å². The van der Waals surface area contributed by atoms with E-state index in [0.717, 1.165) is 18.3 Å². The molecule has 0 aromatic heterocycles. The van der Waals surface area contributed by atoms with Crippen molar-refractivity contribution in [2.24, 2.45) is 0 Å². The minimum absolute atomic E-state index is 0.362. The number of hydrogen-bond donors (Lipinski definition) is 0. The van der Waals surface area contributed by atoms with Crippen molar-refractivity contribution in [2.75, 3.05) is 7.11 Å². The van der Waals surface area contributed by atoms with Gasteiger partial charge in [0.2, 0.25) is 0 Å². The molecule has 1 saturated heterocycles. The van der Waals surface area contributed by atoms with Gasteiger partial charge < -0.3 is 14.0 Å². The number of rotatable bonds is 6. The normalized spacial score (nSPS) is 21.0. The summed E-state index contributed by atoms with van der Waals surface area (Å²) in [5.41, 5.74) is 0.243. The zero-order valence-corrected chi connectivity index (χ0v) is 14.5. The molecule has 1 heterocycles. The smallest absolute Gasteiger partial charge is 0.466 e. The molecule has 1 aliphatic heterocycles. The molecule has 1 rings (SSSR count). The van der Waals surface area contributed by atoms with Crippen LogP contribution in [0.2, 0.25) is 0 Å². The predicted molar refractivity (Wildman–Crippen MR) is 89.4 cm³/mol. The van der Waals surface area contributed by atoms with Crippen LogP contribution in [0, 0.1) is 0 Å². The molecule has 0 aliphatic carbocycles. The van der Waals surface area contributed by atoms with Crippen molar-refractivity contribution in [2.45, 2.75) is 58.7 Å². The van der Waals surface area contributed by atoms with Crippen LogP contribution in [-0.2, 0) is 18.8 Å². The minimum Gasteiger partial charge on any atom is -0.466 e. The molecule has 0 atom stereocenters. The zero-order valence-electron chi connectivity index (χ0n) is 14.5. The number of allylic oxidation sites excluding steroid dienone is 5. The summed E-state index contributed by atoms with van der Waals surface area (Å²) >= 11 is 0. The Kier molecular flexibility index (Phi) is 6.63. The van der Waals surface area contributed by atoms with Crippen molar-refractivity contribution < 1.29 is 18.8 Å². The molecule has 5 heteroatoms. The average molecular weight is 306 g/mol. The lowest BCUT2D eigenvalue weighted by molar-refractivity contribution is -0.134. The molecule has 1 fully saturated rings. The highest BCUT2D eigenvalue weighted by Gasteiger charge is 2.51. The third-order valence-corrected chi connectivity index (χ3v) is 4.03. The summed E-state index contributed by atoms with van der Waals surface area (Å²) < 4.78 is 16.7. The standard InChI is InChI=1S/C17H27BO4/c1-7-8-11-14(12-9-10-13-15(19)20-6)18-21-16(2,3)17(4,5)22-18/h9-13H,7-8H2,1-6H3/b12-9+,13-10+,14-11-. The molecule has 0 saturated carbocycles. The van der Waals surface area contributed by atoms with Crippen molar-refractivity contribution in [3.63, 3.8) is 0 Å². The van der Waals surface area contributed by atoms with Crippen LogP contribution in [0.5, 0.6) is 0 Å². The maximum absolute atomic E-state index is 11.0. The first-order valence-corrected chi connectivity index (χ1v) is 7.72. The Morgan fingerprint density at radius 2 is 1.64 bits per heavy atom. The van der Waals surface area contributed by atoms with Crippen molar-refractivity contribution in [3.8, 4) is 0 Å². The molecule has 1 aliphatic rings. The van der Waals surface area contributed by atoms with Crippen molar-refractivity contribution in [1.82, 2.24) is 0 Å². The molecule has 0 aromatic rings. The number of methoxy groups -OCH3 is 1. The summed E-state index contributed by atoms with van der Waals surface area (Å²) in [4.78, 5) is 11.0. The summed E-state index contributed by atoms with van der Waals surface area (Å²) in [5.74, 6) is -0.376. The van der Waals surface area contributed by atoms with E-state index >= 15 is 0 Å². The Bertz CT molecular complexity index is 459. The molecule has 0 unspecified atom stereocenters. The molecule has 122 valence electrons. The first kappa shape index (κ1) is 18.7. The first-order chi connectivity index (χ1) is 10.2.